The molecule has 2 nitrogen and oxygen atoms in total. The minimum atomic E-state index is -0.411. The SMILES string of the molecule is CC(CO)C(O)CCc1ccccc1I. The first-order chi connectivity index (χ1) is 7.15. The number of aryl methyl sites for hydroxylation is 1. The van der Waals surface area contributed by atoms with Gasteiger partial charge >= 0.3 is 0 Å². The van der Waals surface area contributed by atoms with Gasteiger partial charge in [0.05, 0.1) is 6.10 Å². The Morgan fingerprint density at radius 3 is 2.60 bits per heavy atom. The maximum Gasteiger partial charge on any atom is 0.0590 e. The fourth-order valence-electron chi connectivity index (χ4n) is 1.41. The maximum absolute atomic E-state index is 9.71. The van der Waals surface area contributed by atoms with Crippen molar-refractivity contribution in [3.8, 4) is 0 Å². The van der Waals surface area contributed by atoms with E-state index < -0.39 is 6.10 Å². The summed E-state index contributed by atoms with van der Waals surface area (Å²) in [6, 6.07) is 8.17. The van der Waals surface area contributed by atoms with E-state index in [2.05, 4.69) is 34.7 Å². The first-order valence-corrected chi connectivity index (χ1v) is 6.25. The van der Waals surface area contributed by atoms with Crippen LogP contribution in [0.25, 0.3) is 0 Å². The van der Waals surface area contributed by atoms with Crippen molar-refractivity contribution in [3.05, 3.63) is 33.4 Å². The van der Waals surface area contributed by atoms with Gasteiger partial charge in [0.25, 0.3) is 0 Å². The number of rotatable bonds is 5. The zero-order valence-corrected chi connectivity index (χ0v) is 11.0. The molecule has 1 aromatic carbocycles. The summed E-state index contributed by atoms with van der Waals surface area (Å²) >= 11 is 2.30. The van der Waals surface area contributed by atoms with Crippen LogP contribution in [0, 0.1) is 9.49 Å². The second-order valence-corrected chi connectivity index (χ2v) is 5.02. The van der Waals surface area contributed by atoms with Crippen molar-refractivity contribution in [1.82, 2.24) is 0 Å². The van der Waals surface area contributed by atoms with Gasteiger partial charge in [-0.05, 0) is 47.1 Å². The molecule has 0 spiro atoms. The molecule has 0 heterocycles. The highest BCUT2D eigenvalue weighted by Crippen LogP contribution is 2.16. The summed E-state index contributed by atoms with van der Waals surface area (Å²) in [6.45, 7) is 1.91. The van der Waals surface area contributed by atoms with Crippen molar-refractivity contribution in [3.63, 3.8) is 0 Å². The summed E-state index contributed by atoms with van der Waals surface area (Å²) in [5, 5.41) is 18.6. The van der Waals surface area contributed by atoms with Crippen LogP contribution in [-0.2, 0) is 6.42 Å². The van der Waals surface area contributed by atoms with Gasteiger partial charge in [0.2, 0.25) is 0 Å². The number of benzene rings is 1. The minimum Gasteiger partial charge on any atom is -0.396 e. The molecular formula is C12H17IO2. The molecule has 1 aromatic rings. The topological polar surface area (TPSA) is 40.5 Å². The van der Waals surface area contributed by atoms with Gasteiger partial charge in [0.1, 0.15) is 0 Å². The third kappa shape index (κ3) is 4.09. The minimum absolute atomic E-state index is 0.0358. The Morgan fingerprint density at radius 1 is 1.33 bits per heavy atom. The van der Waals surface area contributed by atoms with Crippen molar-refractivity contribution in [2.24, 2.45) is 5.92 Å². The van der Waals surface area contributed by atoms with Gasteiger partial charge in [-0.1, -0.05) is 25.1 Å². The molecule has 2 atom stereocenters. The van der Waals surface area contributed by atoms with Crippen LogP contribution < -0.4 is 0 Å². The number of hydrogen-bond donors (Lipinski definition) is 2. The van der Waals surface area contributed by atoms with Gasteiger partial charge in [-0.25, -0.2) is 0 Å². The Kier molecular flexibility index (Phi) is 5.56. The van der Waals surface area contributed by atoms with Crippen LogP contribution in [0.15, 0.2) is 24.3 Å². The number of aliphatic hydroxyl groups is 2. The molecule has 2 unspecified atom stereocenters. The molecule has 0 saturated heterocycles. The Morgan fingerprint density at radius 2 is 2.00 bits per heavy atom. The number of halogens is 1. The molecule has 0 aliphatic heterocycles. The van der Waals surface area contributed by atoms with E-state index in [1.165, 1.54) is 9.13 Å². The highest BCUT2D eigenvalue weighted by atomic mass is 127. The molecule has 15 heavy (non-hydrogen) atoms. The van der Waals surface area contributed by atoms with Crippen molar-refractivity contribution < 1.29 is 10.2 Å². The van der Waals surface area contributed by atoms with Crippen molar-refractivity contribution >= 4 is 22.6 Å². The lowest BCUT2D eigenvalue weighted by molar-refractivity contribution is 0.0708. The summed E-state index contributed by atoms with van der Waals surface area (Å²) in [5.41, 5.74) is 1.27. The van der Waals surface area contributed by atoms with Crippen molar-refractivity contribution in [1.29, 1.82) is 0 Å². The molecule has 0 aromatic heterocycles. The van der Waals surface area contributed by atoms with Gasteiger partial charge in [-0.15, -0.1) is 0 Å². The molecule has 0 fully saturated rings. The summed E-state index contributed by atoms with van der Waals surface area (Å²) in [7, 11) is 0. The quantitative estimate of drug-likeness (QED) is 0.817. The van der Waals surface area contributed by atoms with Crippen molar-refractivity contribution in [2.75, 3.05) is 6.61 Å². The molecule has 0 saturated carbocycles. The molecule has 1 rings (SSSR count). The lowest BCUT2D eigenvalue weighted by atomic mass is 9.99. The monoisotopic (exact) mass is 320 g/mol. The van der Waals surface area contributed by atoms with E-state index in [1.807, 2.05) is 19.1 Å². The predicted molar refractivity (Wildman–Crippen MR) is 69.7 cm³/mol. The van der Waals surface area contributed by atoms with E-state index in [4.69, 9.17) is 5.11 Å². The molecule has 3 heteroatoms. The fourth-order valence-corrected chi connectivity index (χ4v) is 2.07. The van der Waals surface area contributed by atoms with Crippen LogP contribution in [0.5, 0.6) is 0 Å². The molecule has 0 aliphatic rings. The van der Waals surface area contributed by atoms with E-state index in [1.54, 1.807) is 0 Å². The van der Waals surface area contributed by atoms with Gasteiger partial charge in [0, 0.05) is 16.1 Å². The Labute approximate surface area is 104 Å². The fraction of sp³-hybridized carbons (Fsp3) is 0.500. The largest absolute Gasteiger partial charge is 0.396 e. The van der Waals surface area contributed by atoms with Crippen molar-refractivity contribution in [2.45, 2.75) is 25.9 Å². The smallest absolute Gasteiger partial charge is 0.0590 e. The zero-order chi connectivity index (χ0) is 11.3. The Balaban J connectivity index is 2.47. The summed E-state index contributed by atoms with van der Waals surface area (Å²) < 4.78 is 1.24. The van der Waals surface area contributed by atoms with E-state index >= 15 is 0 Å². The van der Waals surface area contributed by atoms with Crippen LogP contribution in [0.4, 0.5) is 0 Å². The van der Waals surface area contributed by atoms with Crippen LogP contribution in [-0.4, -0.2) is 22.9 Å². The predicted octanol–water partition coefficient (Wildman–Crippen LogP) is 2.21. The second kappa shape index (κ2) is 6.45. The van der Waals surface area contributed by atoms with Crippen LogP contribution in [0.2, 0.25) is 0 Å². The van der Waals surface area contributed by atoms with Gasteiger partial charge in [-0.2, -0.15) is 0 Å². The Bertz CT molecular complexity index is 301. The van der Waals surface area contributed by atoms with E-state index in [9.17, 15) is 5.11 Å². The number of hydrogen-bond acceptors (Lipinski definition) is 2. The highest BCUT2D eigenvalue weighted by Gasteiger charge is 2.13. The third-order valence-corrected chi connectivity index (χ3v) is 3.66. The molecule has 84 valence electrons. The second-order valence-electron chi connectivity index (χ2n) is 3.86. The maximum atomic E-state index is 9.71. The average molecular weight is 320 g/mol. The normalized spacial score (nSPS) is 14.9. The number of aliphatic hydroxyl groups excluding tert-OH is 2. The zero-order valence-electron chi connectivity index (χ0n) is 8.86. The summed E-state index contributed by atoms with van der Waals surface area (Å²) in [5.74, 6) is -0.0358. The van der Waals surface area contributed by atoms with Gasteiger partial charge in [0.15, 0.2) is 0 Å². The standard InChI is InChI=1S/C12H17IO2/c1-9(8-14)12(15)7-6-10-4-2-3-5-11(10)13/h2-5,9,12,14-15H,6-8H2,1H3. The van der Waals surface area contributed by atoms with Gasteiger partial charge < -0.3 is 10.2 Å². The lowest BCUT2D eigenvalue weighted by Crippen LogP contribution is -2.21. The molecule has 0 radical (unpaired) electrons. The average Bonchev–Trinajstić information content (AvgIpc) is 2.26. The molecule has 0 aliphatic carbocycles. The van der Waals surface area contributed by atoms with E-state index in [0.717, 1.165) is 6.42 Å². The first kappa shape index (κ1) is 12.9. The highest BCUT2D eigenvalue weighted by molar-refractivity contribution is 14.1. The lowest BCUT2D eigenvalue weighted by Gasteiger charge is -2.16. The van der Waals surface area contributed by atoms with Crippen LogP contribution >= 0.6 is 22.6 Å². The Hall–Kier alpha value is -0.130. The molecule has 0 bridgehead atoms. The molecule has 0 amide bonds. The summed E-state index contributed by atoms with van der Waals surface area (Å²) in [6.07, 6.45) is 1.16. The van der Waals surface area contributed by atoms with E-state index in [-0.39, 0.29) is 12.5 Å². The van der Waals surface area contributed by atoms with Crippen LogP contribution in [0.1, 0.15) is 18.9 Å². The summed E-state index contributed by atoms with van der Waals surface area (Å²) in [4.78, 5) is 0. The first-order valence-electron chi connectivity index (χ1n) is 5.17. The third-order valence-electron chi connectivity index (χ3n) is 2.61. The molecule has 2 N–H and O–H groups in total. The van der Waals surface area contributed by atoms with Crippen LogP contribution in [0.3, 0.4) is 0 Å². The van der Waals surface area contributed by atoms with E-state index in [0.29, 0.717) is 6.42 Å². The molecular weight excluding hydrogens is 303 g/mol. The van der Waals surface area contributed by atoms with Gasteiger partial charge in [-0.3, -0.25) is 0 Å².